The predicted octanol–water partition coefficient (Wildman–Crippen LogP) is 3.85. The molecule has 0 aromatic heterocycles. The summed E-state index contributed by atoms with van der Waals surface area (Å²) in [7, 11) is 0. The molecular weight excluding hydrogens is 259 g/mol. The normalized spacial score (nSPS) is 18.0. The van der Waals surface area contributed by atoms with Crippen molar-refractivity contribution in [2.75, 3.05) is 0 Å². The van der Waals surface area contributed by atoms with Crippen molar-refractivity contribution in [1.29, 1.82) is 0 Å². The summed E-state index contributed by atoms with van der Waals surface area (Å²) in [5, 5.41) is 0. The van der Waals surface area contributed by atoms with E-state index in [-0.39, 0.29) is 26.2 Å². The van der Waals surface area contributed by atoms with Gasteiger partial charge in [-0.05, 0) is 64.2 Å². The molecule has 2 fully saturated rings. The summed E-state index contributed by atoms with van der Waals surface area (Å²) < 4.78 is 0. The van der Waals surface area contributed by atoms with Crippen LogP contribution in [0.2, 0.25) is 0 Å². The van der Waals surface area contributed by atoms with Gasteiger partial charge in [0.05, 0.1) is 0 Å². The molecule has 1 heteroatoms. The van der Waals surface area contributed by atoms with Gasteiger partial charge in [0.15, 0.2) is 0 Å². The van der Waals surface area contributed by atoms with Crippen LogP contribution < -0.4 is 0 Å². The third-order valence-electron chi connectivity index (χ3n) is 1.61. The van der Waals surface area contributed by atoms with Gasteiger partial charge in [0, 0.05) is 26.2 Å². The minimum Gasteiger partial charge on any atom is -0.0654 e. The zero-order valence-electron chi connectivity index (χ0n) is 9.69. The third kappa shape index (κ3) is 17.5. The second-order valence-corrected chi connectivity index (χ2v) is 2.92. The number of hydrogen-bond acceptors (Lipinski definition) is 0. The maximum absolute atomic E-state index is 2.18. The van der Waals surface area contributed by atoms with Crippen LogP contribution >= 0.6 is 0 Å². The van der Waals surface area contributed by atoms with E-state index in [1.165, 1.54) is 12.8 Å². The molecule has 0 atom stereocenters. The Balaban J connectivity index is 0. The molecule has 0 bridgehead atoms. The largest absolute Gasteiger partial charge is 0.0654 e. The van der Waals surface area contributed by atoms with E-state index in [0.29, 0.717) is 0 Å². The maximum atomic E-state index is 2.18. The molecule has 0 aromatic rings. The van der Waals surface area contributed by atoms with Crippen LogP contribution in [0.25, 0.3) is 0 Å². The van der Waals surface area contributed by atoms with Gasteiger partial charge in [-0.15, -0.1) is 0 Å². The van der Waals surface area contributed by atoms with E-state index in [4.69, 9.17) is 0 Å². The quantitative estimate of drug-likeness (QED) is 0.684. The molecule has 0 aromatic carbocycles. The average molecular weight is 280 g/mol. The predicted molar refractivity (Wildman–Crippen MR) is 63.6 cm³/mol. The summed E-state index contributed by atoms with van der Waals surface area (Å²) in [6.45, 7) is 4.36. The first-order valence-electron chi connectivity index (χ1n) is 5.25. The molecule has 2 aliphatic carbocycles. The Morgan fingerprint density at radius 1 is 0.467 bits per heavy atom. The first kappa shape index (κ1) is 18.3. The van der Waals surface area contributed by atoms with E-state index < -0.39 is 0 Å². The van der Waals surface area contributed by atoms with Crippen molar-refractivity contribution >= 4 is 0 Å². The van der Waals surface area contributed by atoms with E-state index in [1.807, 2.05) is 64.2 Å². The van der Waals surface area contributed by atoms with Gasteiger partial charge < -0.3 is 0 Å². The minimum atomic E-state index is 0. The van der Waals surface area contributed by atoms with Gasteiger partial charge in [-0.1, -0.05) is 26.7 Å². The second kappa shape index (κ2) is 17.3. The number of unbranched alkanes of at least 4 members (excludes halogenated alkanes) is 1. The van der Waals surface area contributed by atoms with Crippen LogP contribution in [0, 0.1) is 64.2 Å². The Morgan fingerprint density at radius 3 is 0.667 bits per heavy atom. The molecule has 2 aliphatic rings. The van der Waals surface area contributed by atoms with Crippen molar-refractivity contribution in [3.05, 3.63) is 64.2 Å². The molecule has 80 valence electrons. The van der Waals surface area contributed by atoms with Gasteiger partial charge >= 0.3 is 0 Å². The van der Waals surface area contributed by atoms with Crippen molar-refractivity contribution in [3.8, 4) is 0 Å². The molecule has 0 nitrogen and oxygen atoms in total. The topological polar surface area (TPSA) is 0 Å². The summed E-state index contributed by atoms with van der Waals surface area (Å²) in [6, 6.07) is 0. The third-order valence-corrected chi connectivity index (χ3v) is 1.61. The molecule has 2 saturated carbocycles. The Hall–Kier alpha value is 0.883. The van der Waals surface area contributed by atoms with Crippen molar-refractivity contribution in [1.82, 2.24) is 0 Å². The molecule has 0 saturated heterocycles. The summed E-state index contributed by atoms with van der Waals surface area (Å²) in [5.41, 5.74) is 0. The summed E-state index contributed by atoms with van der Waals surface area (Å²) in [6.07, 6.45) is 22.6. The van der Waals surface area contributed by atoms with E-state index in [1.54, 1.807) is 0 Å². The molecule has 0 amide bonds. The molecule has 2 rings (SSSR count). The first-order chi connectivity index (χ1) is 6.91. The Labute approximate surface area is 117 Å². The molecule has 0 heterocycles. The zero-order valence-corrected chi connectivity index (χ0v) is 12.1. The molecule has 0 aliphatic heterocycles. The first-order valence-corrected chi connectivity index (χ1v) is 5.25. The standard InChI is InChI=1S/2C5H5.C4H10.Zr/c2*1-2-4-5-3-1;1-3-4-2;/h2*1-5H;3-4H2,1-2H3;. The van der Waals surface area contributed by atoms with Crippen molar-refractivity contribution < 1.29 is 26.2 Å². The Kier molecular flexibility index (Phi) is 21.0. The molecule has 15 heavy (non-hydrogen) atoms. The van der Waals surface area contributed by atoms with E-state index in [9.17, 15) is 0 Å². The molecule has 0 unspecified atom stereocenters. The van der Waals surface area contributed by atoms with E-state index in [0.717, 1.165) is 0 Å². The van der Waals surface area contributed by atoms with Crippen LogP contribution in [-0.2, 0) is 26.2 Å². The van der Waals surface area contributed by atoms with Gasteiger partial charge in [0.1, 0.15) is 0 Å². The van der Waals surface area contributed by atoms with Gasteiger partial charge in [-0.25, -0.2) is 0 Å². The summed E-state index contributed by atoms with van der Waals surface area (Å²) >= 11 is 0. The minimum absolute atomic E-state index is 0. The van der Waals surface area contributed by atoms with Crippen molar-refractivity contribution in [3.63, 3.8) is 0 Å². The summed E-state index contributed by atoms with van der Waals surface area (Å²) in [5.74, 6) is 0. The van der Waals surface area contributed by atoms with Crippen LogP contribution in [0.4, 0.5) is 0 Å². The van der Waals surface area contributed by atoms with E-state index >= 15 is 0 Å². The zero-order chi connectivity index (χ0) is 10.5. The van der Waals surface area contributed by atoms with Gasteiger partial charge in [0.25, 0.3) is 0 Å². The summed E-state index contributed by atoms with van der Waals surface area (Å²) in [4.78, 5) is 0. The number of hydrogen-bond donors (Lipinski definition) is 0. The van der Waals surface area contributed by atoms with E-state index in [2.05, 4.69) is 13.8 Å². The van der Waals surface area contributed by atoms with Gasteiger partial charge in [0.2, 0.25) is 0 Å². The number of rotatable bonds is 1. The Morgan fingerprint density at radius 2 is 0.600 bits per heavy atom. The fourth-order valence-electron chi connectivity index (χ4n) is 0.642. The van der Waals surface area contributed by atoms with Crippen LogP contribution in [0.5, 0.6) is 0 Å². The monoisotopic (exact) mass is 278 g/mol. The van der Waals surface area contributed by atoms with Crippen LogP contribution in [0.15, 0.2) is 0 Å². The Bertz CT molecular complexity index is 56.1. The maximum Gasteiger partial charge on any atom is 0 e. The molecule has 0 N–H and O–H groups in total. The fourth-order valence-corrected chi connectivity index (χ4v) is 0.642. The van der Waals surface area contributed by atoms with Crippen LogP contribution in [-0.4, -0.2) is 0 Å². The average Bonchev–Trinajstić information content (AvgIpc) is 2.94. The smallest absolute Gasteiger partial charge is 0 e. The molecular formula is C14H20Zr. The van der Waals surface area contributed by atoms with Crippen LogP contribution in [0.1, 0.15) is 26.7 Å². The molecule has 0 spiro atoms. The fraction of sp³-hybridized carbons (Fsp3) is 0.286. The van der Waals surface area contributed by atoms with Crippen molar-refractivity contribution in [2.24, 2.45) is 0 Å². The second-order valence-electron chi connectivity index (χ2n) is 2.92. The van der Waals surface area contributed by atoms with Crippen LogP contribution in [0.3, 0.4) is 0 Å². The van der Waals surface area contributed by atoms with Gasteiger partial charge in [-0.3, -0.25) is 0 Å². The molecule has 10 radical (unpaired) electrons. The van der Waals surface area contributed by atoms with Crippen molar-refractivity contribution in [2.45, 2.75) is 26.7 Å². The SMILES string of the molecule is CCCC.[CH]1[CH][CH][CH][CH]1.[CH]1[CH][CH][CH][CH]1.[Zr]. The van der Waals surface area contributed by atoms with Gasteiger partial charge in [-0.2, -0.15) is 0 Å².